The first-order valence-electron chi connectivity index (χ1n) is 3.58. The van der Waals surface area contributed by atoms with E-state index in [1.54, 1.807) is 0 Å². The van der Waals surface area contributed by atoms with Crippen molar-refractivity contribution < 1.29 is 9.59 Å². The number of nitrogens with zero attached hydrogens (tertiary/aromatic N) is 1. The van der Waals surface area contributed by atoms with Gasteiger partial charge in [0.15, 0.2) is 0 Å². The SMILES string of the molecule is NC(=O)[C@@H]1CCCN1C(=O)SS. The Morgan fingerprint density at radius 2 is 2.25 bits per heavy atom. The second kappa shape index (κ2) is 4.04. The number of carbonyl (C=O) groups excluding carboxylic acids is 2. The van der Waals surface area contributed by atoms with Gasteiger partial charge in [-0.3, -0.25) is 9.59 Å². The molecule has 2 N–H and O–H groups in total. The van der Waals surface area contributed by atoms with Crippen LogP contribution < -0.4 is 5.73 Å². The molecule has 0 aromatic carbocycles. The van der Waals surface area contributed by atoms with Crippen molar-refractivity contribution in [3.63, 3.8) is 0 Å². The van der Waals surface area contributed by atoms with E-state index in [4.69, 9.17) is 5.73 Å². The van der Waals surface area contributed by atoms with Gasteiger partial charge in [-0.2, -0.15) is 0 Å². The number of hydrogen-bond acceptors (Lipinski definition) is 4. The number of likely N-dealkylation sites (tertiary alicyclic amines) is 1. The quantitative estimate of drug-likeness (QED) is 0.488. The van der Waals surface area contributed by atoms with Crippen molar-refractivity contribution in [3.8, 4) is 0 Å². The predicted octanol–water partition coefficient (Wildman–Crippen LogP) is 0.634. The van der Waals surface area contributed by atoms with Crippen molar-refractivity contribution in [2.24, 2.45) is 5.73 Å². The molecule has 0 aromatic rings. The molecule has 0 radical (unpaired) electrons. The van der Waals surface area contributed by atoms with Crippen LogP contribution in [-0.2, 0) is 4.79 Å². The van der Waals surface area contributed by atoms with Gasteiger partial charge in [-0.15, -0.1) is 11.7 Å². The Bertz CT molecular complexity index is 210. The van der Waals surface area contributed by atoms with Gasteiger partial charge in [0.05, 0.1) is 0 Å². The minimum Gasteiger partial charge on any atom is -0.368 e. The molecule has 0 aromatic heterocycles. The molecule has 1 saturated heterocycles. The third kappa shape index (κ3) is 1.87. The van der Waals surface area contributed by atoms with E-state index in [9.17, 15) is 9.59 Å². The number of primary amides is 1. The van der Waals surface area contributed by atoms with Gasteiger partial charge >= 0.3 is 0 Å². The summed E-state index contributed by atoms with van der Waals surface area (Å²) in [6, 6.07) is -0.419. The molecule has 12 heavy (non-hydrogen) atoms. The minimum absolute atomic E-state index is 0.195. The summed E-state index contributed by atoms with van der Waals surface area (Å²) in [6.07, 6.45) is 1.52. The van der Waals surface area contributed by atoms with Crippen LogP contribution in [0.2, 0.25) is 0 Å². The fourth-order valence-electron chi connectivity index (χ4n) is 1.33. The second-order valence-electron chi connectivity index (χ2n) is 2.61. The smallest absolute Gasteiger partial charge is 0.292 e. The molecule has 1 fully saturated rings. The monoisotopic (exact) mass is 206 g/mol. The van der Waals surface area contributed by atoms with E-state index in [0.29, 0.717) is 13.0 Å². The van der Waals surface area contributed by atoms with Gasteiger partial charge in [-0.25, -0.2) is 0 Å². The van der Waals surface area contributed by atoms with Crippen molar-refractivity contribution in [1.29, 1.82) is 0 Å². The van der Waals surface area contributed by atoms with Crippen LogP contribution in [-0.4, -0.2) is 28.6 Å². The molecule has 4 nitrogen and oxygen atoms in total. The van der Waals surface area contributed by atoms with E-state index in [0.717, 1.165) is 17.2 Å². The summed E-state index contributed by atoms with van der Waals surface area (Å²) in [6.45, 7) is 0.611. The molecule has 1 atom stereocenters. The number of amides is 2. The lowest BCUT2D eigenvalue weighted by molar-refractivity contribution is -0.121. The number of carbonyl (C=O) groups is 2. The van der Waals surface area contributed by atoms with E-state index < -0.39 is 11.9 Å². The highest BCUT2D eigenvalue weighted by Crippen LogP contribution is 2.23. The molecule has 1 aliphatic rings. The lowest BCUT2D eigenvalue weighted by Gasteiger charge is -2.19. The first-order valence-corrected chi connectivity index (χ1v) is 5.45. The molecule has 0 unspecified atom stereocenters. The van der Waals surface area contributed by atoms with Crippen LogP contribution >= 0.6 is 22.5 Å². The number of thiol groups is 1. The maximum absolute atomic E-state index is 11.1. The molecular weight excluding hydrogens is 196 g/mol. The van der Waals surface area contributed by atoms with Gasteiger partial charge in [-0.05, 0) is 12.8 Å². The summed E-state index contributed by atoms with van der Waals surface area (Å²) in [5.41, 5.74) is 5.11. The highest BCUT2D eigenvalue weighted by Gasteiger charge is 2.32. The van der Waals surface area contributed by atoms with Crippen molar-refractivity contribution in [2.75, 3.05) is 6.54 Å². The Labute approximate surface area is 79.7 Å². The van der Waals surface area contributed by atoms with Crippen LogP contribution in [0.4, 0.5) is 4.79 Å². The third-order valence-electron chi connectivity index (χ3n) is 1.89. The number of nitrogens with two attached hydrogens (primary N) is 1. The summed E-state index contributed by atoms with van der Waals surface area (Å²) in [7, 11) is 0.817. The summed E-state index contributed by atoms with van der Waals surface area (Å²) < 4.78 is 0. The van der Waals surface area contributed by atoms with Gasteiger partial charge in [0.1, 0.15) is 6.04 Å². The minimum atomic E-state index is -0.428. The van der Waals surface area contributed by atoms with Crippen LogP contribution in [0, 0.1) is 0 Å². The van der Waals surface area contributed by atoms with Crippen molar-refractivity contribution in [2.45, 2.75) is 18.9 Å². The third-order valence-corrected chi connectivity index (χ3v) is 2.75. The van der Waals surface area contributed by atoms with Crippen LogP contribution in [0.25, 0.3) is 0 Å². The first-order chi connectivity index (χ1) is 5.66. The zero-order chi connectivity index (χ0) is 9.14. The van der Waals surface area contributed by atoms with Gasteiger partial charge in [0, 0.05) is 17.3 Å². The highest BCUT2D eigenvalue weighted by molar-refractivity contribution is 8.74. The average Bonchev–Trinajstić information content (AvgIpc) is 2.50. The largest absolute Gasteiger partial charge is 0.368 e. The van der Waals surface area contributed by atoms with E-state index in [-0.39, 0.29) is 5.24 Å². The van der Waals surface area contributed by atoms with Crippen molar-refractivity contribution in [1.82, 2.24) is 4.90 Å². The molecule has 1 aliphatic heterocycles. The average molecular weight is 206 g/mol. The van der Waals surface area contributed by atoms with Gasteiger partial charge in [0.2, 0.25) is 5.91 Å². The second-order valence-corrected chi connectivity index (χ2v) is 3.69. The van der Waals surface area contributed by atoms with Crippen LogP contribution in [0.1, 0.15) is 12.8 Å². The predicted molar refractivity (Wildman–Crippen MR) is 50.9 cm³/mol. The molecule has 0 spiro atoms. The van der Waals surface area contributed by atoms with E-state index >= 15 is 0 Å². The molecule has 0 aliphatic carbocycles. The highest BCUT2D eigenvalue weighted by atomic mass is 33.1. The topological polar surface area (TPSA) is 63.4 Å². The Morgan fingerprint density at radius 1 is 1.58 bits per heavy atom. The molecule has 1 rings (SSSR count). The van der Waals surface area contributed by atoms with E-state index in [1.807, 2.05) is 0 Å². The lowest BCUT2D eigenvalue weighted by atomic mass is 10.2. The summed E-state index contributed by atoms with van der Waals surface area (Å²) in [5, 5.41) is -0.195. The van der Waals surface area contributed by atoms with Gasteiger partial charge in [0.25, 0.3) is 5.24 Å². The number of rotatable bonds is 1. The zero-order valence-electron chi connectivity index (χ0n) is 6.40. The molecule has 6 heteroatoms. The Morgan fingerprint density at radius 3 is 2.75 bits per heavy atom. The van der Waals surface area contributed by atoms with Gasteiger partial charge < -0.3 is 10.6 Å². The van der Waals surface area contributed by atoms with E-state index in [2.05, 4.69) is 11.7 Å². The Hall–Kier alpha value is -0.360. The van der Waals surface area contributed by atoms with Crippen LogP contribution in [0.15, 0.2) is 0 Å². The molecule has 1 heterocycles. The van der Waals surface area contributed by atoms with E-state index in [1.165, 1.54) is 4.90 Å². The fourth-order valence-corrected chi connectivity index (χ4v) is 1.97. The fraction of sp³-hybridized carbons (Fsp3) is 0.667. The molecule has 0 bridgehead atoms. The summed E-state index contributed by atoms with van der Waals surface area (Å²) >= 11 is 3.77. The summed E-state index contributed by atoms with van der Waals surface area (Å²) in [4.78, 5) is 23.4. The van der Waals surface area contributed by atoms with Crippen LogP contribution in [0.5, 0.6) is 0 Å². The standard InChI is InChI=1S/C6H10N2O2S2/c7-5(9)4-2-1-3-8(4)6(10)12-11/h4,11H,1-3H2,(H2,7,9)/t4-/m0/s1. The van der Waals surface area contributed by atoms with Crippen molar-refractivity contribution in [3.05, 3.63) is 0 Å². The normalized spacial score (nSPS) is 22.8. The Balaban J connectivity index is 2.63. The maximum atomic E-state index is 11.1. The maximum Gasteiger partial charge on any atom is 0.292 e. The van der Waals surface area contributed by atoms with Crippen LogP contribution in [0.3, 0.4) is 0 Å². The zero-order valence-corrected chi connectivity index (χ0v) is 8.11. The molecule has 0 saturated carbocycles. The Kier molecular flexibility index (Phi) is 3.28. The molecular formula is C6H10N2O2S2. The molecule has 68 valence electrons. The lowest BCUT2D eigenvalue weighted by Crippen LogP contribution is -2.41. The first kappa shape index (κ1) is 9.73. The van der Waals surface area contributed by atoms with Crippen molar-refractivity contribution >= 4 is 33.6 Å². The number of hydrogen-bond donors (Lipinski definition) is 2. The summed E-state index contributed by atoms with van der Waals surface area (Å²) in [5.74, 6) is -0.428. The molecule has 2 amide bonds. The van der Waals surface area contributed by atoms with Gasteiger partial charge in [-0.1, -0.05) is 0 Å².